The van der Waals surface area contributed by atoms with Crippen molar-refractivity contribution in [2.24, 2.45) is 0 Å². The minimum Gasteiger partial charge on any atom is -0.504 e. The van der Waals surface area contributed by atoms with Crippen LogP contribution in [0.15, 0.2) is 30.3 Å². The van der Waals surface area contributed by atoms with Crippen molar-refractivity contribution in [3.05, 3.63) is 58.3 Å². The van der Waals surface area contributed by atoms with Crippen LogP contribution in [0.5, 0.6) is 11.5 Å². The molecule has 160 valence electrons. The van der Waals surface area contributed by atoms with Crippen LogP contribution in [0.3, 0.4) is 0 Å². The molecule has 7 rings (SSSR count). The molecule has 2 aliphatic heterocycles. The minimum absolute atomic E-state index is 0.00227. The van der Waals surface area contributed by atoms with Crippen molar-refractivity contribution in [1.29, 1.82) is 0 Å². The van der Waals surface area contributed by atoms with Crippen molar-refractivity contribution in [2.45, 2.75) is 62.1 Å². The van der Waals surface area contributed by atoms with Crippen LogP contribution in [0.4, 0.5) is 0 Å². The molecule has 0 radical (unpaired) electrons. The zero-order chi connectivity index (χ0) is 21.1. The molecule has 0 spiro atoms. The lowest BCUT2D eigenvalue weighted by molar-refractivity contribution is -0.145. The van der Waals surface area contributed by atoms with E-state index in [1.165, 1.54) is 27.7 Å². The number of fused-ring (bicyclic) bond motifs is 4. The molecule has 2 aromatic carbocycles. The summed E-state index contributed by atoms with van der Waals surface area (Å²) in [5.41, 5.74) is 5.67. The van der Waals surface area contributed by atoms with Crippen LogP contribution < -0.4 is 0 Å². The first kappa shape index (κ1) is 18.1. The molecule has 1 fully saturated rings. The van der Waals surface area contributed by atoms with E-state index in [0.29, 0.717) is 19.3 Å². The fraction of sp³-hybridized carbons (Fsp3) is 0.462. The van der Waals surface area contributed by atoms with Gasteiger partial charge in [-0.25, -0.2) is 0 Å². The second kappa shape index (κ2) is 5.64. The smallest absolute Gasteiger partial charge is 0.161 e. The first-order valence-corrected chi connectivity index (χ1v) is 11.5. The number of phenolic OH excluding ortho intramolecular Hbond substituents is 2. The minimum atomic E-state index is -0.978. The van der Waals surface area contributed by atoms with Crippen LogP contribution >= 0.6 is 0 Å². The summed E-state index contributed by atoms with van der Waals surface area (Å²) in [6.45, 7) is 1.89. The number of phenols is 2. The largest absolute Gasteiger partial charge is 0.504 e. The third kappa shape index (κ3) is 1.96. The number of hydrogen-bond acceptors (Lipinski definition) is 4. The maximum atomic E-state index is 12.5. The lowest BCUT2D eigenvalue weighted by atomic mass is 9.49. The number of nitrogens with zero attached hydrogens (tertiary/aromatic N) is 2. The number of para-hydroxylation sites is 1. The van der Waals surface area contributed by atoms with Gasteiger partial charge in [0.25, 0.3) is 0 Å². The second-order valence-electron chi connectivity index (χ2n) is 10.3. The van der Waals surface area contributed by atoms with Crippen LogP contribution in [0.25, 0.3) is 10.9 Å². The van der Waals surface area contributed by atoms with Crippen molar-refractivity contribution in [3.8, 4) is 11.5 Å². The molecular weight excluding hydrogens is 388 g/mol. The van der Waals surface area contributed by atoms with Crippen LogP contribution in [-0.4, -0.2) is 50.0 Å². The Morgan fingerprint density at radius 2 is 1.90 bits per heavy atom. The third-order valence-corrected chi connectivity index (χ3v) is 9.07. The van der Waals surface area contributed by atoms with Crippen molar-refractivity contribution in [1.82, 2.24) is 9.47 Å². The van der Waals surface area contributed by atoms with Crippen LogP contribution in [0.2, 0.25) is 0 Å². The van der Waals surface area contributed by atoms with E-state index < -0.39 is 11.0 Å². The standard InChI is InChI=1S/C26H28N2O3/c1-27-11-9-25-14-19-18(17-6-2-4-15-5-3-10-28(19)23(15)17)13-26(25,31)21(27)12-16-7-8-20(29)24(30)22(16)25/h2,4,6-8,21,29-31H,3,5,9-14H2,1H3/t21?,25-,26?/m1/s1. The molecule has 1 saturated heterocycles. The van der Waals surface area contributed by atoms with E-state index >= 15 is 0 Å². The maximum absolute atomic E-state index is 12.5. The summed E-state index contributed by atoms with van der Waals surface area (Å²) in [6, 6.07) is 10.2. The topological polar surface area (TPSA) is 68.9 Å². The average molecular weight is 417 g/mol. The van der Waals surface area contributed by atoms with Gasteiger partial charge >= 0.3 is 0 Å². The van der Waals surface area contributed by atoms with E-state index in [2.05, 4.69) is 34.7 Å². The first-order valence-electron chi connectivity index (χ1n) is 11.5. The summed E-state index contributed by atoms with van der Waals surface area (Å²) in [5, 5.41) is 35.3. The first-order chi connectivity index (χ1) is 14.9. The molecule has 3 heterocycles. The van der Waals surface area contributed by atoms with Gasteiger partial charge in [0.2, 0.25) is 0 Å². The molecule has 31 heavy (non-hydrogen) atoms. The average Bonchev–Trinajstić information content (AvgIpc) is 3.06. The Bertz CT molecular complexity index is 1280. The number of likely N-dealkylation sites (N-methyl/N-ethyl adjacent to an activating group) is 1. The summed E-state index contributed by atoms with van der Waals surface area (Å²) < 4.78 is 2.50. The molecule has 1 aromatic heterocycles. The molecule has 3 aromatic rings. The van der Waals surface area contributed by atoms with E-state index in [-0.39, 0.29) is 17.5 Å². The van der Waals surface area contributed by atoms with Crippen LogP contribution in [0.1, 0.15) is 40.8 Å². The lowest BCUT2D eigenvalue weighted by Crippen LogP contribution is -2.73. The van der Waals surface area contributed by atoms with Gasteiger partial charge in [-0.05, 0) is 62.0 Å². The number of likely N-dealkylation sites (tertiary alicyclic amines) is 1. The lowest BCUT2D eigenvalue weighted by Gasteiger charge is -2.63. The van der Waals surface area contributed by atoms with E-state index in [0.717, 1.165) is 43.5 Å². The van der Waals surface area contributed by atoms with Gasteiger partial charge in [-0.15, -0.1) is 0 Å². The normalized spacial score (nSPS) is 31.2. The molecule has 4 aliphatic rings. The Labute approximate surface area is 181 Å². The van der Waals surface area contributed by atoms with Gasteiger partial charge in [-0.3, -0.25) is 0 Å². The Kier molecular flexibility index (Phi) is 3.30. The predicted octanol–water partition coefficient (Wildman–Crippen LogP) is 3.03. The van der Waals surface area contributed by atoms with Gasteiger partial charge in [0, 0.05) is 47.5 Å². The van der Waals surface area contributed by atoms with Crippen LogP contribution in [0, 0.1) is 0 Å². The fourth-order valence-electron chi connectivity index (χ4n) is 7.68. The Morgan fingerprint density at radius 1 is 1.03 bits per heavy atom. The highest BCUT2D eigenvalue weighted by Gasteiger charge is 2.65. The van der Waals surface area contributed by atoms with Gasteiger partial charge < -0.3 is 24.8 Å². The van der Waals surface area contributed by atoms with Crippen molar-refractivity contribution in [3.63, 3.8) is 0 Å². The third-order valence-electron chi connectivity index (χ3n) is 9.07. The molecular formula is C26H28N2O3. The summed E-state index contributed by atoms with van der Waals surface area (Å²) >= 11 is 0. The molecule has 5 nitrogen and oxygen atoms in total. The number of rotatable bonds is 0. The highest BCUT2D eigenvalue weighted by molar-refractivity contribution is 5.89. The molecule has 0 saturated carbocycles. The molecule has 3 N–H and O–H groups in total. The number of benzene rings is 2. The zero-order valence-corrected chi connectivity index (χ0v) is 17.9. The molecule has 2 aliphatic carbocycles. The highest BCUT2D eigenvalue weighted by atomic mass is 16.3. The SMILES string of the molecule is CN1CC[C@]23Cc4c(c5cccc6c5n4CCC6)CC2(O)C1Cc1ccc(O)c(O)c13. The Balaban J connectivity index is 1.56. The molecule has 5 heteroatoms. The maximum Gasteiger partial charge on any atom is 0.161 e. The highest BCUT2D eigenvalue weighted by Crippen LogP contribution is 2.60. The number of hydrogen-bond donors (Lipinski definition) is 3. The Hall–Kier alpha value is -2.50. The summed E-state index contributed by atoms with van der Waals surface area (Å²) in [6.07, 6.45) is 5.02. The molecule has 0 amide bonds. The number of aromatic nitrogens is 1. The number of aliphatic hydroxyl groups is 1. The number of piperidine rings is 1. The fourth-order valence-corrected chi connectivity index (χ4v) is 7.68. The molecule has 3 atom stereocenters. The van der Waals surface area contributed by atoms with Crippen molar-refractivity contribution >= 4 is 10.9 Å². The van der Waals surface area contributed by atoms with Gasteiger partial charge in [0.15, 0.2) is 11.5 Å². The van der Waals surface area contributed by atoms with Crippen molar-refractivity contribution < 1.29 is 15.3 Å². The number of aromatic hydroxyl groups is 2. The van der Waals surface area contributed by atoms with E-state index in [9.17, 15) is 15.3 Å². The summed E-state index contributed by atoms with van der Waals surface area (Å²) in [5.74, 6) is -0.111. The van der Waals surface area contributed by atoms with E-state index in [4.69, 9.17) is 0 Å². The van der Waals surface area contributed by atoms with E-state index in [1.807, 2.05) is 6.07 Å². The van der Waals surface area contributed by atoms with Gasteiger partial charge in [-0.1, -0.05) is 24.3 Å². The van der Waals surface area contributed by atoms with Gasteiger partial charge in [-0.2, -0.15) is 0 Å². The Morgan fingerprint density at radius 3 is 2.77 bits per heavy atom. The predicted molar refractivity (Wildman–Crippen MR) is 119 cm³/mol. The summed E-state index contributed by atoms with van der Waals surface area (Å²) in [7, 11) is 2.11. The monoisotopic (exact) mass is 416 g/mol. The molecule has 2 unspecified atom stereocenters. The van der Waals surface area contributed by atoms with Gasteiger partial charge in [0.1, 0.15) is 0 Å². The molecule has 2 bridgehead atoms. The summed E-state index contributed by atoms with van der Waals surface area (Å²) in [4.78, 5) is 2.30. The number of aryl methyl sites for hydroxylation is 2. The van der Waals surface area contributed by atoms with Crippen LogP contribution in [-0.2, 0) is 37.6 Å². The van der Waals surface area contributed by atoms with Crippen molar-refractivity contribution in [2.75, 3.05) is 13.6 Å². The van der Waals surface area contributed by atoms with E-state index in [1.54, 1.807) is 6.07 Å². The second-order valence-corrected chi connectivity index (χ2v) is 10.3. The zero-order valence-electron chi connectivity index (χ0n) is 17.9. The van der Waals surface area contributed by atoms with Gasteiger partial charge in [0.05, 0.1) is 11.1 Å². The quantitative estimate of drug-likeness (QED) is 0.493.